The summed E-state index contributed by atoms with van der Waals surface area (Å²) in [6.07, 6.45) is 1.45. The highest BCUT2D eigenvalue weighted by Gasteiger charge is 2.15. The smallest absolute Gasteiger partial charge is 0.222 e. The van der Waals surface area contributed by atoms with E-state index < -0.39 is 0 Å². The van der Waals surface area contributed by atoms with Crippen molar-refractivity contribution in [2.45, 2.75) is 12.8 Å². The van der Waals surface area contributed by atoms with Crippen LogP contribution in [0.15, 0.2) is 24.3 Å². The van der Waals surface area contributed by atoms with Gasteiger partial charge >= 0.3 is 0 Å². The molecule has 2 rings (SSSR count). The molecule has 1 aromatic carbocycles. The van der Waals surface area contributed by atoms with Crippen molar-refractivity contribution in [2.75, 3.05) is 44.7 Å². The molecule has 0 unspecified atom stereocenters. The van der Waals surface area contributed by atoms with E-state index in [0.29, 0.717) is 6.42 Å². The molecule has 1 fully saturated rings. The quantitative estimate of drug-likeness (QED) is 0.844. The Balaban J connectivity index is 1.72. The van der Waals surface area contributed by atoms with Crippen LogP contribution in [-0.4, -0.2) is 55.7 Å². The minimum atomic E-state index is 0.255. The molecule has 0 atom stereocenters. The summed E-state index contributed by atoms with van der Waals surface area (Å²) in [7, 11) is 2.00. The Labute approximate surface area is 120 Å². The van der Waals surface area contributed by atoms with Gasteiger partial charge in [0.05, 0.1) is 0 Å². The Morgan fingerprint density at radius 1 is 1.30 bits per heavy atom. The molecule has 5 nitrogen and oxygen atoms in total. The van der Waals surface area contributed by atoms with Gasteiger partial charge in [-0.1, -0.05) is 0 Å². The van der Waals surface area contributed by atoms with Crippen LogP contribution in [0, 0.1) is 0 Å². The Kier molecular flexibility index (Phi) is 5.24. The van der Waals surface area contributed by atoms with Gasteiger partial charge in [0, 0.05) is 51.9 Å². The van der Waals surface area contributed by atoms with Crippen molar-refractivity contribution in [3.05, 3.63) is 24.3 Å². The minimum Gasteiger partial charge on any atom is -0.508 e. The number of anilines is 1. The maximum Gasteiger partial charge on any atom is 0.222 e. The van der Waals surface area contributed by atoms with E-state index in [-0.39, 0.29) is 11.7 Å². The highest BCUT2D eigenvalue weighted by atomic mass is 16.3. The number of hydrogen-bond acceptors (Lipinski definition) is 4. The number of carbonyl (C=O) groups excluding carboxylic acids is 1. The lowest BCUT2D eigenvalue weighted by molar-refractivity contribution is -0.131. The Hall–Kier alpha value is -1.75. The Bertz CT molecular complexity index is 427. The van der Waals surface area contributed by atoms with Crippen LogP contribution in [0.5, 0.6) is 5.75 Å². The fourth-order valence-electron chi connectivity index (χ4n) is 2.38. The summed E-state index contributed by atoms with van der Waals surface area (Å²) < 4.78 is 0. The zero-order chi connectivity index (χ0) is 14.4. The first-order chi connectivity index (χ1) is 9.66. The number of phenolic OH excluding ortho intramolecular Hbond substituents is 1. The third-order valence-corrected chi connectivity index (χ3v) is 3.64. The molecule has 0 saturated carbocycles. The predicted octanol–water partition coefficient (Wildman–Crippen LogP) is 1.04. The second-order valence-corrected chi connectivity index (χ2v) is 5.17. The maximum atomic E-state index is 12.0. The van der Waals surface area contributed by atoms with E-state index in [0.717, 1.165) is 44.8 Å². The molecule has 20 heavy (non-hydrogen) atoms. The Morgan fingerprint density at radius 2 is 1.95 bits per heavy atom. The molecule has 5 heteroatoms. The van der Waals surface area contributed by atoms with Crippen LogP contribution in [0.25, 0.3) is 0 Å². The number of phenols is 1. The number of carbonyl (C=O) groups is 1. The molecular formula is C15H23N3O2. The van der Waals surface area contributed by atoms with E-state index in [4.69, 9.17) is 0 Å². The zero-order valence-corrected chi connectivity index (χ0v) is 12.0. The van der Waals surface area contributed by atoms with Crippen molar-refractivity contribution in [2.24, 2.45) is 0 Å². The number of nitrogens with one attached hydrogen (secondary N) is 1. The van der Waals surface area contributed by atoms with E-state index in [1.54, 1.807) is 12.1 Å². The summed E-state index contributed by atoms with van der Waals surface area (Å²) in [5.74, 6) is 0.529. The van der Waals surface area contributed by atoms with Gasteiger partial charge in [-0.25, -0.2) is 0 Å². The van der Waals surface area contributed by atoms with E-state index in [1.807, 2.05) is 24.1 Å². The van der Waals surface area contributed by atoms with E-state index in [1.165, 1.54) is 0 Å². The van der Waals surface area contributed by atoms with Crippen LogP contribution in [0.4, 0.5) is 5.69 Å². The minimum absolute atomic E-state index is 0.255. The Morgan fingerprint density at radius 3 is 2.60 bits per heavy atom. The molecule has 0 aromatic heterocycles. The first-order valence-corrected chi connectivity index (χ1v) is 7.15. The van der Waals surface area contributed by atoms with Crippen LogP contribution in [0.1, 0.15) is 12.8 Å². The van der Waals surface area contributed by atoms with Crippen molar-refractivity contribution in [1.82, 2.24) is 10.2 Å². The normalized spacial score (nSPS) is 15.2. The molecular weight excluding hydrogens is 254 g/mol. The average Bonchev–Trinajstić information content (AvgIpc) is 2.48. The standard InChI is InChI=1S/C15H23N3O2/c1-17(13-4-6-14(19)7-5-13)10-2-3-15(20)18-11-8-16-9-12-18/h4-7,16,19H,2-3,8-12H2,1H3. The number of amides is 1. The SMILES string of the molecule is CN(CCCC(=O)N1CCNCC1)c1ccc(O)cc1. The van der Waals surface area contributed by atoms with Gasteiger partial charge in [-0.05, 0) is 30.7 Å². The lowest BCUT2D eigenvalue weighted by Crippen LogP contribution is -2.46. The van der Waals surface area contributed by atoms with Gasteiger partial charge in [-0.2, -0.15) is 0 Å². The fraction of sp³-hybridized carbons (Fsp3) is 0.533. The predicted molar refractivity (Wildman–Crippen MR) is 80.1 cm³/mol. The number of benzene rings is 1. The zero-order valence-electron chi connectivity index (χ0n) is 12.0. The molecule has 1 aliphatic rings. The lowest BCUT2D eigenvalue weighted by Gasteiger charge is -2.28. The van der Waals surface area contributed by atoms with Crippen LogP contribution in [-0.2, 0) is 4.79 Å². The first-order valence-electron chi connectivity index (χ1n) is 7.15. The van der Waals surface area contributed by atoms with Crippen LogP contribution < -0.4 is 10.2 Å². The van der Waals surface area contributed by atoms with Gasteiger partial charge in [0.2, 0.25) is 5.91 Å². The number of piperazine rings is 1. The van der Waals surface area contributed by atoms with Crippen molar-refractivity contribution in [1.29, 1.82) is 0 Å². The summed E-state index contributed by atoms with van der Waals surface area (Å²) in [5, 5.41) is 12.5. The van der Waals surface area contributed by atoms with Gasteiger partial charge in [0.15, 0.2) is 0 Å². The topological polar surface area (TPSA) is 55.8 Å². The summed E-state index contributed by atoms with van der Waals surface area (Å²) in [6.45, 7) is 4.29. The van der Waals surface area contributed by atoms with Crippen LogP contribution in [0.3, 0.4) is 0 Å². The second-order valence-electron chi connectivity index (χ2n) is 5.17. The van der Waals surface area contributed by atoms with Gasteiger partial charge in [-0.15, -0.1) is 0 Å². The van der Waals surface area contributed by atoms with Crippen molar-refractivity contribution in [3.8, 4) is 5.75 Å². The lowest BCUT2D eigenvalue weighted by atomic mass is 10.2. The molecule has 0 spiro atoms. The van der Waals surface area contributed by atoms with Crippen molar-refractivity contribution in [3.63, 3.8) is 0 Å². The van der Waals surface area contributed by atoms with Gasteiger partial charge in [-0.3, -0.25) is 4.79 Å². The number of hydrogen-bond donors (Lipinski definition) is 2. The third kappa shape index (κ3) is 4.13. The maximum absolute atomic E-state index is 12.0. The average molecular weight is 277 g/mol. The van der Waals surface area contributed by atoms with Crippen molar-refractivity contribution < 1.29 is 9.90 Å². The molecule has 0 aliphatic carbocycles. The summed E-state index contributed by atoms with van der Waals surface area (Å²) in [6, 6.07) is 7.12. The molecule has 1 heterocycles. The van der Waals surface area contributed by atoms with E-state index >= 15 is 0 Å². The van der Waals surface area contributed by atoms with Gasteiger partial charge < -0.3 is 20.2 Å². The summed E-state index contributed by atoms with van der Waals surface area (Å²) in [4.78, 5) is 16.1. The van der Waals surface area contributed by atoms with Gasteiger partial charge in [0.25, 0.3) is 0 Å². The highest BCUT2D eigenvalue weighted by Crippen LogP contribution is 2.17. The van der Waals surface area contributed by atoms with Gasteiger partial charge in [0.1, 0.15) is 5.75 Å². The molecule has 1 saturated heterocycles. The van der Waals surface area contributed by atoms with E-state index in [2.05, 4.69) is 10.2 Å². The molecule has 0 bridgehead atoms. The monoisotopic (exact) mass is 277 g/mol. The largest absolute Gasteiger partial charge is 0.508 e. The summed E-state index contributed by atoms with van der Waals surface area (Å²) >= 11 is 0. The van der Waals surface area contributed by atoms with Crippen LogP contribution in [0.2, 0.25) is 0 Å². The van der Waals surface area contributed by atoms with Crippen LogP contribution >= 0.6 is 0 Å². The highest BCUT2D eigenvalue weighted by molar-refractivity contribution is 5.76. The molecule has 1 aromatic rings. The molecule has 110 valence electrons. The fourth-order valence-corrected chi connectivity index (χ4v) is 2.38. The number of rotatable bonds is 5. The molecule has 1 amide bonds. The number of nitrogens with zero attached hydrogens (tertiary/aromatic N) is 2. The first kappa shape index (κ1) is 14.7. The molecule has 2 N–H and O–H groups in total. The van der Waals surface area contributed by atoms with Crippen molar-refractivity contribution >= 4 is 11.6 Å². The number of aromatic hydroxyl groups is 1. The molecule has 1 aliphatic heterocycles. The van der Waals surface area contributed by atoms with E-state index in [9.17, 15) is 9.90 Å². The molecule has 0 radical (unpaired) electrons. The third-order valence-electron chi connectivity index (χ3n) is 3.64. The summed E-state index contributed by atoms with van der Waals surface area (Å²) in [5.41, 5.74) is 1.05. The second kappa shape index (κ2) is 7.14.